The van der Waals surface area contributed by atoms with Crippen LogP contribution in [0.2, 0.25) is 0 Å². The van der Waals surface area contributed by atoms with Gasteiger partial charge < -0.3 is 10.1 Å². The van der Waals surface area contributed by atoms with Gasteiger partial charge in [-0.3, -0.25) is 10.1 Å². The number of nitrogens with one attached hydrogen (secondary N) is 1. The number of ether oxygens (including phenoxy) is 1. The van der Waals surface area contributed by atoms with Crippen molar-refractivity contribution in [3.63, 3.8) is 0 Å². The van der Waals surface area contributed by atoms with E-state index < -0.39 is 4.92 Å². The second-order valence-corrected chi connectivity index (χ2v) is 4.14. The predicted molar refractivity (Wildman–Crippen MR) is 64.3 cm³/mol. The zero-order valence-electron chi connectivity index (χ0n) is 9.76. The van der Waals surface area contributed by atoms with Gasteiger partial charge >= 0.3 is 5.69 Å². The van der Waals surface area contributed by atoms with Crippen LogP contribution in [-0.2, 0) is 0 Å². The second-order valence-electron chi connectivity index (χ2n) is 4.14. The van der Waals surface area contributed by atoms with E-state index in [2.05, 4.69) is 5.32 Å². The molecule has 0 amide bonds. The molecule has 1 N–H and O–H groups in total. The van der Waals surface area contributed by atoms with E-state index in [1.54, 1.807) is 0 Å². The van der Waals surface area contributed by atoms with Crippen LogP contribution in [0.5, 0.6) is 5.75 Å². The van der Waals surface area contributed by atoms with Crippen molar-refractivity contribution in [1.29, 1.82) is 5.26 Å². The van der Waals surface area contributed by atoms with Crippen LogP contribution in [0.1, 0.15) is 18.4 Å². The average Bonchev–Trinajstić information content (AvgIpc) is 2.40. The van der Waals surface area contributed by atoms with Crippen molar-refractivity contribution in [3.8, 4) is 11.8 Å². The third-order valence-electron chi connectivity index (χ3n) is 2.83. The summed E-state index contributed by atoms with van der Waals surface area (Å²) in [6, 6.07) is 6.14. The van der Waals surface area contributed by atoms with Gasteiger partial charge in [0, 0.05) is 12.6 Å². The fourth-order valence-electron chi connectivity index (χ4n) is 1.93. The fraction of sp³-hybridized carbons (Fsp3) is 0.417. The van der Waals surface area contributed by atoms with E-state index in [1.807, 2.05) is 6.07 Å². The van der Waals surface area contributed by atoms with Crippen molar-refractivity contribution >= 4 is 5.69 Å². The molecule has 1 aliphatic rings. The number of hydrogen-bond donors (Lipinski definition) is 1. The first-order chi connectivity index (χ1) is 8.70. The molecule has 6 nitrogen and oxygen atoms in total. The molecule has 0 saturated carbocycles. The Bertz CT molecular complexity index is 490. The monoisotopic (exact) mass is 247 g/mol. The van der Waals surface area contributed by atoms with Gasteiger partial charge in [0.2, 0.25) is 0 Å². The summed E-state index contributed by atoms with van der Waals surface area (Å²) < 4.78 is 5.63. The van der Waals surface area contributed by atoms with Crippen LogP contribution in [0.3, 0.4) is 0 Å². The van der Waals surface area contributed by atoms with Crippen molar-refractivity contribution < 1.29 is 9.66 Å². The number of nitrogens with zero attached hydrogens (tertiary/aromatic N) is 2. The van der Waals surface area contributed by atoms with Gasteiger partial charge in [-0.1, -0.05) is 0 Å². The molecule has 1 aromatic rings. The van der Waals surface area contributed by atoms with E-state index in [1.165, 1.54) is 18.2 Å². The Morgan fingerprint density at radius 3 is 3.00 bits per heavy atom. The number of nitro benzene ring substituents is 1. The largest absolute Gasteiger partial charge is 0.482 e. The van der Waals surface area contributed by atoms with Crippen molar-refractivity contribution in [2.45, 2.75) is 18.9 Å². The second kappa shape index (κ2) is 5.47. The Morgan fingerprint density at radius 1 is 1.56 bits per heavy atom. The Balaban J connectivity index is 2.21. The number of nitro groups is 1. The van der Waals surface area contributed by atoms with E-state index >= 15 is 0 Å². The molecule has 0 spiro atoms. The maximum atomic E-state index is 10.9. The lowest BCUT2D eigenvalue weighted by molar-refractivity contribution is -0.386. The van der Waals surface area contributed by atoms with Gasteiger partial charge in [0.15, 0.2) is 5.75 Å². The minimum atomic E-state index is -0.521. The van der Waals surface area contributed by atoms with Crippen LogP contribution in [0, 0.1) is 21.4 Å². The summed E-state index contributed by atoms with van der Waals surface area (Å²) in [6.07, 6.45) is 1.82. The molecule has 1 aromatic carbocycles. The maximum Gasteiger partial charge on any atom is 0.312 e. The molecular formula is C12H13N3O3. The number of piperidine rings is 1. The lowest BCUT2D eigenvalue weighted by Crippen LogP contribution is -2.37. The molecule has 2 rings (SSSR count). The quantitative estimate of drug-likeness (QED) is 0.647. The Kier molecular flexibility index (Phi) is 3.75. The summed E-state index contributed by atoms with van der Waals surface area (Å²) in [7, 11) is 0. The standard InChI is InChI=1S/C12H13N3O3/c13-7-9-3-4-12(11(6-9)15(16)17)18-10-2-1-5-14-8-10/h3-4,6,10,14H,1-2,5,8H2/t10-/m0/s1. The molecule has 1 saturated heterocycles. The molecule has 94 valence electrons. The van der Waals surface area contributed by atoms with Crippen molar-refractivity contribution in [2.24, 2.45) is 0 Å². The minimum absolute atomic E-state index is 0.0506. The zero-order valence-corrected chi connectivity index (χ0v) is 9.76. The lowest BCUT2D eigenvalue weighted by atomic mass is 10.1. The summed E-state index contributed by atoms with van der Waals surface area (Å²) in [5.74, 6) is 0.229. The summed E-state index contributed by atoms with van der Waals surface area (Å²) in [4.78, 5) is 10.4. The summed E-state index contributed by atoms with van der Waals surface area (Å²) in [6.45, 7) is 1.65. The highest BCUT2D eigenvalue weighted by Crippen LogP contribution is 2.29. The van der Waals surface area contributed by atoms with Crippen LogP contribution in [0.4, 0.5) is 5.69 Å². The van der Waals surface area contributed by atoms with Gasteiger partial charge in [-0.25, -0.2) is 0 Å². The topological polar surface area (TPSA) is 88.2 Å². The van der Waals surface area contributed by atoms with Crippen LogP contribution in [-0.4, -0.2) is 24.1 Å². The van der Waals surface area contributed by atoms with Crippen LogP contribution in [0.25, 0.3) is 0 Å². The van der Waals surface area contributed by atoms with Gasteiger partial charge in [-0.15, -0.1) is 0 Å². The molecule has 1 fully saturated rings. The van der Waals surface area contributed by atoms with Crippen molar-refractivity contribution in [2.75, 3.05) is 13.1 Å². The highest BCUT2D eigenvalue weighted by Gasteiger charge is 2.21. The molecular weight excluding hydrogens is 234 g/mol. The number of nitriles is 1. The van der Waals surface area contributed by atoms with Crippen molar-refractivity contribution in [1.82, 2.24) is 5.32 Å². The van der Waals surface area contributed by atoms with Gasteiger partial charge in [0.25, 0.3) is 0 Å². The van der Waals surface area contributed by atoms with Crippen LogP contribution >= 0.6 is 0 Å². The predicted octanol–water partition coefficient (Wildman–Crippen LogP) is 1.60. The molecule has 0 unspecified atom stereocenters. The minimum Gasteiger partial charge on any atom is -0.482 e. The van der Waals surface area contributed by atoms with E-state index in [0.717, 1.165) is 19.4 Å². The molecule has 6 heteroatoms. The van der Waals surface area contributed by atoms with Gasteiger partial charge in [0.05, 0.1) is 16.6 Å². The normalized spacial score (nSPS) is 18.9. The number of hydrogen-bond acceptors (Lipinski definition) is 5. The summed E-state index contributed by atoms with van der Waals surface area (Å²) in [5, 5.41) is 22.8. The summed E-state index contributed by atoms with van der Waals surface area (Å²) >= 11 is 0. The lowest BCUT2D eigenvalue weighted by Gasteiger charge is -2.23. The van der Waals surface area contributed by atoms with E-state index in [-0.39, 0.29) is 23.1 Å². The Morgan fingerprint density at radius 2 is 2.39 bits per heavy atom. The van der Waals surface area contributed by atoms with E-state index in [9.17, 15) is 10.1 Å². The fourth-order valence-corrected chi connectivity index (χ4v) is 1.93. The van der Waals surface area contributed by atoms with Crippen molar-refractivity contribution in [3.05, 3.63) is 33.9 Å². The first kappa shape index (κ1) is 12.3. The van der Waals surface area contributed by atoms with Gasteiger partial charge in [-0.2, -0.15) is 5.26 Å². The highest BCUT2D eigenvalue weighted by molar-refractivity contribution is 5.51. The first-order valence-corrected chi connectivity index (χ1v) is 5.76. The highest BCUT2D eigenvalue weighted by atomic mass is 16.6. The van der Waals surface area contributed by atoms with E-state index in [4.69, 9.17) is 10.00 Å². The molecule has 1 heterocycles. The Hall–Kier alpha value is -2.13. The smallest absolute Gasteiger partial charge is 0.312 e. The SMILES string of the molecule is N#Cc1ccc(O[C@H]2CCCNC2)c([N+](=O)[O-])c1. The molecule has 0 aliphatic carbocycles. The molecule has 0 radical (unpaired) electrons. The Labute approximate surface area is 104 Å². The molecule has 0 aromatic heterocycles. The third-order valence-corrected chi connectivity index (χ3v) is 2.83. The zero-order chi connectivity index (χ0) is 13.0. The third kappa shape index (κ3) is 2.76. The number of benzene rings is 1. The van der Waals surface area contributed by atoms with Crippen LogP contribution < -0.4 is 10.1 Å². The van der Waals surface area contributed by atoms with Crippen LogP contribution in [0.15, 0.2) is 18.2 Å². The molecule has 1 atom stereocenters. The molecule has 1 aliphatic heterocycles. The average molecular weight is 247 g/mol. The maximum absolute atomic E-state index is 10.9. The number of rotatable bonds is 3. The van der Waals surface area contributed by atoms with E-state index in [0.29, 0.717) is 6.54 Å². The molecule has 18 heavy (non-hydrogen) atoms. The summed E-state index contributed by atoms with van der Waals surface area (Å²) in [5.41, 5.74) is 0.107. The van der Waals surface area contributed by atoms with Gasteiger partial charge in [-0.05, 0) is 31.5 Å². The molecule has 0 bridgehead atoms. The first-order valence-electron chi connectivity index (χ1n) is 5.76. The van der Waals surface area contributed by atoms with Gasteiger partial charge in [0.1, 0.15) is 6.10 Å².